The van der Waals surface area contributed by atoms with Gasteiger partial charge in [0.2, 0.25) is 0 Å². The van der Waals surface area contributed by atoms with Crippen LogP contribution in [-0.2, 0) is 6.54 Å². The number of amides is 2. The molecule has 92 valence electrons. The Kier molecular flexibility index (Phi) is 4.41. The molecule has 0 fully saturated rings. The zero-order chi connectivity index (χ0) is 12.8. The van der Waals surface area contributed by atoms with E-state index in [9.17, 15) is 9.59 Å². The van der Waals surface area contributed by atoms with E-state index in [-0.39, 0.29) is 18.3 Å². The number of hydrazine groups is 1. The van der Waals surface area contributed by atoms with Crippen molar-refractivity contribution in [1.82, 2.24) is 20.7 Å². The van der Waals surface area contributed by atoms with Gasteiger partial charge in [-0.2, -0.15) is 0 Å². The van der Waals surface area contributed by atoms with Crippen LogP contribution in [0.15, 0.2) is 18.3 Å². The zero-order valence-electron chi connectivity index (χ0n) is 9.60. The van der Waals surface area contributed by atoms with Crippen molar-refractivity contribution in [3.05, 3.63) is 29.6 Å². The zero-order valence-corrected chi connectivity index (χ0v) is 9.60. The van der Waals surface area contributed by atoms with Crippen LogP contribution in [0.25, 0.3) is 0 Å². The van der Waals surface area contributed by atoms with Crippen LogP contribution in [0.5, 0.6) is 0 Å². The largest absolute Gasteiger partial charge is 0.477 e. The fourth-order valence-corrected chi connectivity index (χ4v) is 1.08. The summed E-state index contributed by atoms with van der Waals surface area (Å²) in [4.78, 5) is 25.5. The Hall–Kier alpha value is -2.15. The van der Waals surface area contributed by atoms with Gasteiger partial charge in [0.25, 0.3) is 0 Å². The first-order valence-electron chi connectivity index (χ1n) is 4.89. The van der Waals surface area contributed by atoms with Gasteiger partial charge in [0.15, 0.2) is 0 Å². The van der Waals surface area contributed by atoms with Crippen LogP contribution in [0.2, 0.25) is 0 Å². The van der Waals surface area contributed by atoms with Gasteiger partial charge in [-0.3, -0.25) is 5.43 Å². The highest BCUT2D eigenvalue weighted by Gasteiger charge is 2.04. The molecule has 0 saturated carbocycles. The maximum absolute atomic E-state index is 11.2. The first kappa shape index (κ1) is 12.9. The molecule has 0 aliphatic heterocycles. The van der Waals surface area contributed by atoms with E-state index in [1.54, 1.807) is 20.2 Å². The van der Waals surface area contributed by atoms with Gasteiger partial charge in [-0.05, 0) is 11.6 Å². The molecule has 1 heterocycles. The van der Waals surface area contributed by atoms with Crippen LogP contribution in [0.1, 0.15) is 16.1 Å². The van der Waals surface area contributed by atoms with E-state index < -0.39 is 5.97 Å². The number of nitrogens with zero attached hydrogens (tertiary/aromatic N) is 2. The van der Waals surface area contributed by atoms with Gasteiger partial charge in [-0.15, -0.1) is 0 Å². The number of carbonyl (C=O) groups is 2. The minimum absolute atomic E-state index is 0.0218. The Morgan fingerprint density at radius 3 is 2.59 bits per heavy atom. The number of urea groups is 1. The lowest BCUT2D eigenvalue weighted by Gasteiger charge is -2.12. The number of aromatic carboxylic acids is 1. The maximum atomic E-state index is 11.2. The van der Waals surface area contributed by atoms with Crippen molar-refractivity contribution in [2.75, 3.05) is 14.1 Å². The summed E-state index contributed by atoms with van der Waals surface area (Å²) in [5.74, 6) is -1.07. The van der Waals surface area contributed by atoms with Gasteiger partial charge < -0.3 is 10.4 Å². The average molecular weight is 238 g/mol. The standard InChI is InChI=1S/C10H14N4O3/c1-14(2)13-10(17)12-6-7-3-4-8(9(15)16)11-5-7/h3-5H,6H2,1-2H3,(H,15,16)(H2,12,13,17). The maximum Gasteiger partial charge on any atom is 0.354 e. The van der Waals surface area contributed by atoms with Crippen molar-refractivity contribution in [3.8, 4) is 0 Å². The van der Waals surface area contributed by atoms with Gasteiger partial charge in [-0.25, -0.2) is 19.6 Å². The minimum atomic E-state index is -1.07. The Morgan fingerprint density at radius 1 is 1.41 bits per heavy atom. The van der Waals surface area contributed by atoms with Crippen LogP contribution in [-0.4, -0.2) is 41.2 Å². The highest BCUT2D eigenvalue weighted by atomic mass is 16.4. The van der Waals surface area contributed by atoms with E-state index in [0.29, 0.717) is 0 Å². The van der Waals surface area contributed by atoms with Crippen LogP contribution >= 0.6 is 0 Å². The average Bonchev–Trinajstić information content (AvgIpc) is 2.26. The molecule has 0 atom stereocenters. The highest BCUT2D eigenvalue weighted by molar-refractivity contribution is 5.85. The molecular formula is C10H14N4O3. The molecule has 0 aliphatic carbocycles. The summed E-state index contributed by atoms with van der Waals surface area (Å²) in [7, 11) is 3.39. The van der Waals surface area contributed by atoms with Gasteiger partial charge >= 0.3 is 12.0 Å². The molecule has 7 heteroatoms. The third-order valence-corrected chi connectivity index (χ3v) is 1.82. The van der Waals surface area contributed by atoms with E-state index >= 15 is 0 Å². The van der Waals surface area contributed by atoms with Crippen molar-refractivity contribution >= 4 is 12.0 Å². The van der Waals surface area contributed by atoms with E-state index in [4.69, 9.17) is 5.11 Å². The van der Waals surface area contributed by atoms with E-state index in [1.807, 2.05) is 0 Å². The molecule has 0 spiro atoms. The molecule has 0 bridgehead atoms. The predicted molar refractivity (Wildman–Crippen MR) is 60.3 cm³/mol. The van der Waals surface area contributed by atoms with Crippen LogP contribution < -0.4 is 10.7 Å². The Morgan fingerprint density at radius 2 is 2.12 bits per heavy atom. The number of rotatable bonds is 4. The first-order chi connectivity index (χ1) is 7.99. The van der Waals surface area contributed by atoms with Crippen LogP contribution in [0, 0.1) is 0 Å². The molecule has 0 aliphatic rings. The molecular weight excluding hydrogens is 224 g/mol. The summed E-state index contributed by atoms with van der Waals surface area (Å²) in [6.45, 7) is 0.284. The number of carboxylic acids is 1. The van der Waals surface area contributed by atoms with Gasteiger partial charge in [0.1, 0.15) is 5.69 Å². The van der Waals surface area contributed by atoms with Gasteiger partial charge in [-0.1, -0.05) is 6.07 Å². The van der Waals surface area contributed by atoms with Crippen LogP contribution in [0.3, 0.4) is 0 Å². The van der Waals surface area contributed by atoms with Crippen molar-refractivity contribution in [2.45, 2.75) is 6.54 Å². The molecule has 1 rings (SSSR count). The van der Waals surface area contributed by atoms with Gasteiger partial charge in [0, 0.05) is 26.8 Å². The summed E-state index contributed by atoms with van der Waals surface area (Å²) >= 11 is 0. The molecule has 1 aromatic rings. The number of carboxylic acid groups (broad SMARTS) is 1. The summed E-state index contributed by atoms with van der Waals surface area (Å²) in [6, 6.07) is 2.66. The lowest BCUT2D eigenvalue weighted by Crippen LogP contribution is -2.42. The van der Waals surface area contributed by atoms with E-state index in [2.05, 4.69) is 15.7 Å². The lowest BCUT2D eigenvalue weighted by atomic mass is 10.2. The second-order valence-electron chi connectivity index (χ2n) is 3.55. The molecule has 0 radical (unpaired) electrons. The third-order valence-electron chi connectivity index (χ3n) is 1.82. The predicted octanol–water partition coefficient (Wildman–Crippen LogP) is 0.0556. The number of pyridine rings is 1. The van der Waals surface area contributed by atoms with E-state index in [1.165, 1.54) is 17.3 Å². The first-order valence-corrected chi connectivity index (χ1v) is 4.89. The van der Waals surface area contributed by atoms with Crippen LogP contribution in [0.4, 0.5) is 4.79 Å². The Labute approximate surface area is 98.4 Å². The summed E-state index contributed by atoms with van der Waals surface area (Å²) in [5.41, 5.74) is 3.22. The summed E-state index contributed by atoms with van der Waals surface area (Å²) in [6.07, 6.45) is 1.42. The number of hydrogen-bond donors (Lipinski definition) is 3. The lowest BCUT2D eigenvalue weighted by molar-refractivity contribution is 0.0690. The van der Waals surface area contributed by atoms with Crippen molar-refractivity contribution in [1.29, 1.82) is 0 Å². The molecule has 0 saturated heterocycles. The highest BCUT2D eigenvalue weighted by Crippen LogP contribution is 1.99. The monoisotopic (exact) mass is 238 g/mol. The summed E-state index contributed by atoms with van der Waals surface area (Å²) in [5, 5.41) is 12.8. The molecule has 0 aromatic carbocycles. The quantitative estimate of drug-likeness (QED) is 0.644. The number of aromatic nitrogens is 1. The van der Waals surface area contributed by atoms with Crippen molar-refractivity contribution in [3.63, 3.8) is 0 Å². The summed E-state index contributed by atoms with van der Waals surface area (Å²) < 4.78 is 0. The second kappa shape index (κ2) is 5.80. The fourth-order valence-electron chi connectivity index (χ4n) is 1.08. The Balaban J connectivity index is 2.47. The number of carbonyl (C=O) groups excluding carboxylic acids is 1. The third kappa shape index (κ3) is 4.47. The molecule has 17 heavy (non-hydrogen) atoms. The molecule has 7 nitrogen and oxygen atoms in total. The Bertz CT molecular complexity index is 403. The molecule has 3 N–H and O–H groups in total. The SMILES string of the molecule is CN(C)NC(=O)NCc1ccc(C(=O)O)nc1. The van der Waals surface area contributed by atoms with Gasteiger partial charge in [0.05, 0.1) is 0 Å². The topological polar surface area (TPSA) is 94.6 Å². The second-order valence-corrected chi connectivity index (χ2v) is 3.55. The minimum Gasteiger partial charge on any atom is -0.477 e. The normalized spacial score (nSPS) is 10.1. The molecule has 1 aromatic heterocycles. The molecule has 0 unspecified atom stereocenters. The number of nitrogens with one attached hydrogen (secondary N) is 2. The van der Waals surface area contributed by atoms with Crippen molar-refractivity contribution in [2.24, 2.45) is 0 Å². The molecule has 2 amide bonds. The van der Waals surface area contributed by atoms with E-state index in [0.717, 1.165) is 5.56 Å². The fraction of sp³-hybridized carbons (Fsp3) is 0.300. The smallest absolute Gasteiger partial charge is 0.354 e. The van der Waals surface area contributed by atoms with Crippen molar-refractivity contribution < 1.29 is 14.7 Å². The number of hydrogen-bond acceptors (Lipinski definition) is 4.